The molecular weight excluding hydrogens is 170 g/mol. The van der Waals surface area contributed by atoms with E-state index in [1.807, 2.05) is 6.92 Å². The highest BCUT2D eigenvalue weighted by atomic mass is 16.4. The van der Waals surface area contributed by atoms with Crippen LogP contribution in [0, 0.1) is 0 Å². The Balaban J connectivity index is 3.74. The standard InChI is InChI=1S/C9H19NO3/c1-3-4-5-8(9(12)13)10-6-7(2)11/h7-8,10-11H,3-6H2,1-2H3,(H,12,13). The monoisotopic (exact) mass is 189 g/mol. The highest BCUT2D eigenvalue weighted by Crippen LogP contribution is 2.00. The molecule has 2 atom stereocenters. The number of rotatable bonds is 7. The number of carboxylic acids is 1. The van der Waals surface area contributed by atoms with Gasteiger partial charge in [0.2, 0.25) is 0 Å². The number of carboxylic acid groups (broad SMARTS) is 1. The van der Waals surface area contributed by atoms with E-state index < -0.39 is 18.1 Å². The van der Waals surface area contributed by atoms with Crippen LogP contribution in [0.3, 0.4) is 0 Å². The van der Waals surface area contributed by atoms with E-state index >= 15 is 0 Å². The molecular formula is C9H19NO3. The Bertz CT molecular complexity index is 148. The van der Waals surface area contributed by atoms with Gasteiger partial charge in [-0.1, -0.05) is 19.8 Å². The summed E-state index contributed by atoms with van der Waals surface area (Å²) in [6.45, 7) is 3.99. The van der Waals surface area contributed by atoms with Crippen molar-refractivity contribution in [3.63, 3.8) is 0 Å². The minimum Gasteiger partial charge on any atom is -0.480 e. The predicted octanol–water partition coefficient (Wildman–Crippen LogP) is 0.600. The topological polar surface area (TPSA) is 69.6 Å². The van der Waals surface area contributed by atoms with Crippen LogP contribution >= 0.6 is 0 Å². The molecule has 0 aliphatic rings. The molecule has 0 fully saturated rings. The third kappa shape index (κ3) is 6.54. The third-order valence-electron chi connectivity index (χ3n) is 1.80. The van der Waals surface area contributed by atoms with Crippen LogP contribution < -0.4 is 5.32 Å². The average Bonchev–Trinajstić information content (AvgIpc) is 2.03. The number of aliphatic hydroxyl groups is 1. The van der Waals surface area contributed by atoms with E-state index in [9.17, 15) is 4.79 Å². The fourth-order valence-corrected chi connectivity index (χ4v) is 1.03. The van der Waals surface area contributed by atoms with Gasteiger partial charge in [0.25, 0.3) is 0 Å². The van der Waals surface area contributed by atoms with Crippen LogP contribution in [0.25, 0.3) is 0 Å². The van der Waals surface area contributed by atoms with Crippen molar-refractivity contribution in [1.29, 1.82) is 0 Å². The molecule has 0 saturated heterocycles. The Morgan fingerprint density at radius 3 is 2.54 bits per heavy atom. The lowest BCUT2D eigenvalue weighted by molar-refractivity contribution is -0.139. The van der Waals surface area contributed by atoms with E-state index in [2.05, 4.69) is 5.32 Å². The summed E-state index contributed by atoms with van der Waals surface area (Å²) in [4.78, 5) is 10.7. The van der Waals surface area contributed by atoms with Crippen LogP contribution in [0.1, 0.15) is 33.1 Å². The van der Waals surface area contributed by atoms with Crippen LogP contribution in [0.15, 0.2) is 0 Å². The largest absolute Gasteiger partial charge is 0.480 e. The van der Waals surface area contributed by atoms with E-state index in [0.717, 1.165) is 12.8 Å². The molecule has 0 aromatic rings. The second kappa shape index (κ2) is 6.86. The molecule has 13 heavy (non-hydrogen) atoms. The lowest BCUT2D eigenvalue weighted by atomic mass is 10.1. The maximum absolute atomic E-state index is 10.7. The molecule has 0 aliphatic heterocycles. The molecule has 0 rings (SSSR count). The van der Waals surface area contributed by atoms with Crippen molar-refractivity contribution < 1.29 is 15.0 Å². The van der Waals surface area contributed by atoms with Crippen LogP contribution in [-0.2, 0) is 4.79 Å². The third-order valence-corrected chi connectivity index (χ3v) is 1.80. The summed E-state index contributed by atoms with van der Waals surface area (Å²) in [5, 5.41) is 20.5. The summed E-state index contributed by atoms with van der Waals surface area (Å²) in [7, 11) is 0. The van der Waals surface area contributed by atoms with Crippen LogP contribution in [-0.4, -0.2) is 34.9 Å². The first-order chi connectivity index (χ1) is 6.07. The summed E-state index contributed by atoms with van der Waals surface area (Å²) in [6.07, 6.45) is 2.01. The molecule has 0 spiro atoms. The van der Waals surface area contributed by atoms with Crippen LogP contribution in [0.2, 0.25) is 0 Å². The number of aliphatic carboxylic acids is 1. The fourth-order valence-electron chi connectivity index (χ4n) is 1.03. The maximum Gasteiger partial charge on any atom is 0.320 e. The molecule has 0 amide bonds. The van der Waals surface area contributed by atoms with Crippen LogP contribution in [0.5, 0.6) is 0 Å². The zero-order valence-electron chi connectivity index (χ0n) is 8.29. The van der Waals surface area contributed by atoms with Gasteiger partial charge >= 0.3 is 5.97 Å². The van der Waals surface area contributed by atoms with Gasteiger partial charge in [0.05, 0.1) is 6.10 Å². The fraction of sp³-hybridized carbons (Fsp3) is 0.889. The van der Waals surface area contributed by atoms with Gasteiger partial charge in [-0.05, 0) is 13.3 Å². The lowest BCUT2D eigenvalue weighted by Crippen LogP contribution is -2.40. The van der Waals surface area contributed by atoms with E-state index in [4.69, 9.17) is 10.2 Å². The summed E-state index contributed by atoms with van der Waals surface area (Å²) in [6, 6.07) is -0.519. The second-order valence-electron chi connectivity index (χ2n) is 3.29. The number of hydrogen-bond acceptors (Lipinski definition) is 3. The molecule has 0 aliphatic carbocycles. The summed E-state index contributed by atoms with van der Waals surface area (Å²) in [5.74, 6) is -0.839. The van der Waals surface area contributed by atoms with Gasteiger partial charge < -0.3 is 15.5 Å². The summed E-state index contributed by atoms with van der Waals surface area (Å²) >= 11 is 0. The van der Waals surface area contributed by atoms with Crippen molar-refractivity contribution in [2.24, 2.45) is 0 Å². The summed E-state index contributed by atoms with van der Waals surface area (Å²) < 4.78 is 0. The number of nitrogens with one attached hydrogen (secondary N) is 1. The average molecular weight is 189 g/mol. The lowest BCUT2D eigenvalue weighted by Gasteiger charge is -2.14. The smallest absolute Gasteiger partial charge is 0.320 e. The van der Waals surface area contributed by atoms with Crippen LogP contribution in [0.4, 0.5) is 0 Å². The molecule has 0 heterocycles. The molecule has 3 N–H and O–H groups in total. The van der Waals surface area contributed by atoms with Gasteiger partial charge in [0.1, 0.15) is 6.04 Å². The molecule has 2 unspecified atom stereocenters. The van der Waals surface area contributed by atoms with Gasteiger partial charge in [-0.25, -0.2) is 0 Å². The summed E-state index contributed by atoms with van der Waals surface area (Å²) in [5.41, 5.74) is 0. The Hall–Kier alpha value is -0.610. The molecule has 4 nitrogen and oxygen atoms in total. The van der Waals surface area contributed by atoms with Gasteiger partial charge in [-0.3, -0.25) is 4.79 Å². The first-order valence-electron chi connectivity index (χ1n) is 4.72. The normalized spacial score (nSPS) is 15.3. The minimum atomic E-state index is -0.839. The predicted molar refractivity (Wildman–Crippen MR) is 50.6 cm³/mol. The molecule has 0 bridgehead atoms. The van der Waals surface area contributed by atoms with Gasteiger partial charge in [-0.2, -0.15) is 0 Å². The Kier molecular flexibility index (Phi) is 6.54. The van der Waals surface area contributed by atoms with E-state index in [1.165, 1.54) is 0 Å². The van der Waals surface area contributed by atoms with Crippen molar-refractivity contribution in [3.05, 3.63) is 0 Å². The van der Waals surface area contributed by atoms with Gasteiger partial charge in [0.15, 0.2) is 0 Å². The van der Waals surface area contributed by atoms with Crippen molar-refractivity contribution in [3.8, 4) is 0 Å². The minimum absolute atomic E-state index is 0.334. The molecule has 0 aromatic carbocycles. The van der Waals surface area contributed by atoms with Gasteiger partial charge in [-0.15, -0.1) is 0 Å². The van der Waals surface area contributed by atoms with Crippen molar-refractivity contribution in [2.45, 2.75) is 45.3 Å². The number of carbonyl (C=O) groups is 1. The first kappa shape index (κ1) is 12.4. The van der Waals surface area contributed by atoms with Crippen molar-refractivity contribution >= 4 is 5.97 Å². The molecule has 78 valence electrons. The highest BCUT2D eigenvalue weighted by Gasteiger charge is 2.15. The Morgan fingerprint density at radius 1 is 1.54 bits per heavy atom. The highest BCUT2D eigenvalue weighted by molar-refractivity contribution is 5.73. The number of unbranched alkanes of at least 4 members (excludes halogenated alkanes) is 1. The number of aliphatic hydroxyl groups excluding tert-OH is 1. The van der Waals surface area contributed by atoms with Crippen molar-refractivity contribution in [1.82, 2.24) is 5.32 Å². The molecule has 0 radical (unpaired) electrons. The molecule has 0 aromatic heterocycles. The van der Waals surface area contributed by atoms with Gasteiger partial charge in [0, 0.05) is 6.54 Å². The first-order valence-corrected chi connectivity index (χ1v) is 4.72. The maximum atomic E-state index is 10.7. The quantitative estimate of drug-likeness (QED) is 0.548. The zero-order chi connectivity index (χ0) is 10.3. The SMILES string of the molecule is CCCCC(NCC(C)O)C(=O)O. The Morgan fingerprint density at radius 2 is 2.15 bits per heavy atom. The number of hydrogen-bond donors (Lipinski definition) is 3. The molecule has 0 saturated carbocycles. The zero-order valence-corrected chi connectivity index (χ0v) is 8.29. The van der Waals surface area contributed by atoms with Crippen molar-refractivity contribution in [2.75, 3.05) is 6.54 Å². The van der Waals surface area contributed by atoms with E-state index in [-0.39, 0.29) is 0 Å². The second-order valence-corrected chi connectivity index (χ2v) is 3.29. The Labute approximate surface area is 79.0 Å². The molecule has 4 heteroatoms. The van der Waals surface area contributed by atoms with E-state index in [1.54, 1.807) is 6.92 Å². The van der Waals surface area contributed by atoms with E-state index in [0.29, 0.717) is 13.0 Å².